The molecule has 2 rings (SSSR count). The summed E-state index contributed by atoms with van der Waals surface area (Å²) in [6, 6.07) is 0. The minimum Gasteiger partial charge on any atom is -0.379 e. The van der Waals surface area contributed by atoms with Gasteiger partial charge in [-0.2, -0.15) is 0 Å². The number of hydrogen-bond acceptors (Lipinski definition) is 14. The normalized spacial score (nSPS) is 15.0. The Morgan fingerprint density at radius 1 is 0.368 bits per heavy atom. The van der Waals surface area contributed by atoms with Crippen molar-refractivity contribution in [3.05, 3.63) is 0 Å². The lowest BCUT2D eigenvalue weighted by Gasteiger charge is -2.26. The summed E-state index contributed by atoms with van der Waals surface area (Å²) in [5.74, 6) is 0.0413. The van der Waals surface area contributed by atoms with Gasteiger partial charge < -0.3 is 70.1 Å². The molecule has 0 spiro atoms. The van der Waals surface area contributed by atoms with Gasteiger partial charge in [-0.25, -0.2) is 0 Å². The lowest BCUT2D eigenvalue weighted by molar-refractivity contribution is -0.123. The molecule has 2 aliphatic rings. The highest BCUT2D eigenvalue weighted by molar-refractivity contribution is 5.78. The number of nitrogens with zero attached hydrogens (tertiary/aromatic N) is 2. The molecule has 18 nitrogen and oxygen atoms in total. The van der Waals surface area contributed by atoms with Gasteiger partial charge in [-0.05, 0) is 32.1 Å². The van der Waals surface area contributed by atoms with Crippen LogP contribution in [0.3, 0.4) is 0 Å². The Labute approximate surface area is 341 Å². The molecule has 0 aromatic carbocycles. The zero-order chi connectivity index (χ0) is 40.7. The molecule has 0 aromatic heterocycles. The summed E-state index contributed by atoms with van der Waals surface area (Å²) in [6.45, 7) is 18.0. The molecular formula is C39H76N8O10. The summed E-state index contributed by atoms with van der Waals surface area (Å²) < 4.78 is 33.2. The third kappa shape index (κ3) is 33.1. The van der Waals surface area contributed by atoms with Crippen molar-refractivity contribution in [2.24, 2.45) is 0 Å². The number of hydrogen-bond donors (Lipinski definition) is 6. The monoisotopic (exact) mass is 817 g/mol. The van der Waals surface area contributed by atoms with Crippen LogP contribution in [-0.2, 0) is 47.6 Å². The molecule has 0 unspecified atom stereocenters. The molecule has 0 saturated carbocycles. The second-order valence-electron chi connectivity index (χ2n) is 14.0. The summed E-state index contributed by atoms with van der Waals surface area (Å²) in [6.07, 6.45) is 5.12. The van der Waals surface area contributed by atoms with E-state index in [1.807, 2.05) is 0 Å². The van der Waals surface area contributed by atoms with Crippen molar-refractivity contribution in [3.63, 3.8) is 0 Å². The molecule has 18 heteroatoms. The topological polar surface area (TPSA) is 202 Å². The van der Waals surface area contributed by atoms with Crippen LogP contribution in [-0.4, -0.2) is 204 Å². The molecule has 57 heavy (non-hydrogen) atoms. The molecule has 2 heterocycles. The Kier molecular flexibility index (Phi) is 33.5. The van der Waals surface area contributed by atoms with Crippen LogP contribution in [0, 0.1) is 0 Å². The van der Waals surface area contributed by atoms with Crippen LogP contribution in [0.25, 0.3) is 0 Å². The zero-order valence-electron chi connectivity index (χ0n) is 34.7. The van der Waals surface area contributed by atoms with Gasteiger partial charge in [-0.3, -0.25) is 19.2 Å². The van der Waals surface area contributed by atoms with E-state index in [2.05, 4.69) is 41.7 Å². The van der Waals surface area contributed by atoms with Crippen LogP contribution in [0.2, 0.25) is 0 Å². The molecule has 0 aromatic rings. The van der Waals surface area contributed by atoms with E-state index in [0.717, 1.165) is 78.3 Å². The average molecular weight is 817 g/mol. The maximum Gasteiger partial charge on any atom is 0.221 e. The van der Waals surface area contributed by atoms with Gasteiger partial charge in [0.05, 0.1) is 52.9 Å². The number of carbonyl (C=O) groups is 4. The first kappa shape index (κ1) is 50.6. The van der Waals surface area contributed by atoms with E-state index in [9.17, 15) is 19.2 Å². The van der Waals surface area contributed by atoms with Crippen molar-refractivity contribution < 1.29 is 47.6 Å². The number of piperazine rings is 2. The predicted octanol–water partition coefficient (Wildman–Crippen LogP) is -1.13. The first-order valence-corrected chi connectivity index (χ1v) is 21.4. The van der Waals surface area contributed by atoms with Crippen molar-refractivity contribution in [2.45, 2.75) is 57.8 Å². The lowest BCUT2D eigenvalue weighted by atomic mass is 10.2. The zero-order valence-corrected chi connectivity index (χ0v) is 34.7. The molecule has 2 fully saturated rings. The first-order chi connectivity index (χ1) is 28.0. The molecule has 332 valence electrons. The van der Waals surface area contributed by atoms with Gasteiger partial charge in [-0.15, -0.1) is 0 Å². The van der Waals surface area contributed by atoms with Crippen LogP contribution in [0.15, 0.2) is 0 Å². The minimum atomic E-state index is -0.0702. The third-order valence-corrected chi connectivity index (χ3v) is 9.18. The summed E-state index contributed by atoms with van der Waals surface area (Å²) in [7, 11) is 0. The van der Waals surface area contributed by atoms with E-state index in [4.69, 9.17) is 28.4 Å². The molecule has 2 saturated heterocycles. The smallest absolute Gasteiger partial charge is 0.221 e. The third-order valence-electron chi connectivity index (χ3n) is 9.18. The van der Waals surface area contributed by atoms with Gasteiger partial charge in [0.15, 0.2) is 0 Å². The highest BCUT2D eigenvalue weighted by Gasteiger charge is 2.12. The van der Waals surface area contributed by atoms with Crippen molar-refractivity contribution in [1.29, 1.82) is 0 Å². The molecule has 0 bridgehead atoms. The van der Waals surface area contributed by atoms with Crippen LogP contribution >= 0.6 is 0 Å². The Morgan fingerprint density at radius 3 is 0.930 bits per heavy atom. The minimum absolute atomic E-state index is 0.0702. The van der Waals surface area contributed by atoms with Crippen molar-refractivity contribution in [3.8, 4) is 0 Å². The van der Waals surface area contributed by atoms with E-state index in [1.54, 1.807) is 0 Å². The van der Waals surface area contributed by atoms with Crippen molar-refractivity contribution >= 4 is 23.6 Å². The molecule has 0 aliphatic carbocycles. The second-order valence-corrected chi connectivity index (χ2v) is 14.0. The largest absolute Gasteiger partial charge is 0.379 e. The Bertz CT molecular complexity index is 930. The van der Waals surface area contributed by atoms with Gasteiger partial charge >= 0.3 is 0 Å². The van der Waals surface area contributed by atoms with Gasteiger partial charge in [0.2, 0.25) is 23.6 Å². The fourth-order valence-electron chi connectivity index (χ4n) is 5.84. The Balaban J connectivity index is 1.19. The summed E-state index contributed by atoms with van der Waals surface area (Å²) in [5, 5.41) is 18.2. The Morgan fingerprint density at radius 2 is 0.632 bits per heavy atom. The van der Waals surface area contributed by atoms with E-state index >= 15 is 0 Å². The molecule has 6 N–H and O–H groups in total. The molecule has 0 atom stereocenters. The van der Waals surface area contributed by atoms with E-state index in [0.29, 0.717) is 150 Å². The maximum absolute atomic E-state index is 12.0. The fourth-order valence-corrected chi connectivity index (χ4v) is 5.84. The number of amides is 4. The fraction of sp³-hybridized carbons (Fsp3) is 0.897. The van der Waals surface area contributed by atoms with Crippen molar-refractivity contribution in [1.82, 2.24) is 41.7 Å². The standard InChI is InChI=1S/C39H76N8O10/c48-36(42-10-2-24-52-28-32-56-34-30-54-26-4-12-44-38(50)8-18-46-20-14-40-15-21-46)6-1-7-37(49)43-11-3-25-53-29-33-57-35-31-55-27-5-13-45-39(51)9-19-47-22-16-41-17-23-47/h40-41H,1-35H2,(H,42,48)(H,43,49)(H,44,50)(H,45,51). The van der Waals surface area contributed by atoms with Crippen molar-refractivity contribution in [2.75, 3.05) is 171 Å². The number of nitrogens with one attached hydrogen (secondary N) is 6. The quantitative estimate of drug-likeness (QED) is 0.0409. The summed E-state index contributed by atoms with van der Waals surface area (Å²) in [4.78, 5) is 52.6. The second kappa shape index (κ2) is 37.7. The van der Waals surface area contributed by atoms with Gasteiger partial charge in [0.25, 0.3) is 0 Å². The summed E-state index contributed by atoms with van der Waals surface area (Å²) >= 11 is 0. The van der Waals surface area contributed by atoms with Gasteiger partial charge in [-0.1, -0.05) is 0 Å². The van der Waals surface area contributed by atoms with Gasteiger partial charge in [0.1, 0.15) is 0 Å². The molecular weight excluding hydrogens is 740 g/mol. The molecule has 0 radical (unpaired) electrons. The lowest BCUT2D eigenvalue weighted by Crippen LogP contribution is -2.44. The van der Waals surface area contributed by atoms with Crippen LogP contribution < -0.4 is 31.9 Å². The predicted molar refractivity (Wildman–Crippen MR) is 217 cm³/mol. The van der Waals surface area contributed by atoms with E-state index in [1.165, 1.54) is 0 Å². The number of rotatable bonds is 38. The van der Waals surface area contributed by atoms with Crippen LogP contribution in [0.4, 0.5) is 0 Å². The highest BCUT2D eigenvalue weighted by atomic mass is 16.5. The number of ether oxygens (including phenoxy) is 6. The summed E-state index contributed by atoms with van der Waals surface area (Å²) in [5.41, 5.74) is 0. The van der Waals surface area contributed by atoms with Crippen LogP contribution in [0.5, 0.6) is 0 Å². The highest BCUT2D eigenvalue weighted by Crippen LogP contribution is 1.98. The number of carbonyl (C=O) groups excluding carboxylic acids is 4. The molecule has 4 amide bonds. The average Bonchev–Trinajstić information content (AvgIpc) is 3.22. The van der Waals surface area contributed by atoms with Gasteiger partial charge in [0, 0.05) is 144 Å². The van der Waals surface area contributed by atoms with E-state index in [-0.39, 0.29) is 23.6 Å². The van der Waals surface area contributed by atoms with E-state index < -0.39 is 0 Å². The van der Waals surface area contributed by atoms with Crippen LogP contribution in [0.1, 0.15) is 57.8 Å². The SMILES string of the molecule is O=C(CCCC(=O)NCCCOCCOCCOCCCNC(=O)CCN1CCNCC1)NCCCOCCOCCOCCCNC(=O)CCN1CCNCC1. The Hall–Kier alpha value is -2.52. The first-order valence-electron chi connectivity index (χ1n) is 21.4. The maximum atomic E-state index is 12.0. The molecule has 2 aliphatic heterocycles.